The molecule has 1 aromatic carbocycles. The maximum absolute atomic E-state index is 5.65. The average Bonchev–Trinajstić information content (AvgIpc) is 3.16. The molecule has 20 heavy (non-hydrogen) atoms. The van der Waals surface area contributed by atoms with Crippen molar-refractivity contribution in [3.05, 3.63) is 42.7 Å². The predicted molar refractivity (Wildman–Crippen MR) is 77.5 cm³/mol. The van der Waals surface area contributed by atoms with E-state index < -0.39 is 0 Å². The molecule has 1 aliphatic heterocycles. The second-order valence-electron chi connectivity index (χ2n) is 5.07. The summed E-state index contributed by atoms with van der Waals surface area (Å²) in [5.41, 5.74) is 2.34. The number of ether oxygens (including phenoxy) is 2. The smallest absolute Gasteiger partial charge is 0.0809 e. The van der Waals surface area contributed by atoms with E-state index in [1.165, 1.54) is 5.56 Å². The van der Waals surface area contributed by atoms with E-state index in [4.69, 9.17) is 9.47 Å². The molecule has 106 valence electrons. The minimum Gasteiger partial charge on any atom is -0.377 e. The Morgan fingerprint density at radius 3 is 2.95 bits per heavy atom. The summed E-state index contributed by atoms with van der Waals surface area (Å²) >= 11 is 0. The van der Waals surface area contributed by atoms with E-state index in [1.54, 1.807) is 0 Å². The van der Waals surface area contributed by atoms with E-state index in [9.17, 15) is 0 Å². The number of nitrogens with zero attached hydrogens (tertiary/aromatic N) is 2. The van der Waals surface area contributed by atoms with Gasteiger partial charge in [0.15, 0.2) is 0 Å². The third kappa shape index (κ3) is 3.46. The summed E-state index contributed by atoms with van der Waals surface area (Å²) in [6.07, 6.45) is 6.54. The number of aromatic nitrogens is 2. The molecule has 4 nitrogen and oxygen atoms in total. The molecule has 1 unspecified atom stereocenters. The molecule has 0 radical (unpaired) electrons. The van der Waals surface area contributed by atoms with Crippen LogP contribution in [0.1, 0.15) is 12.8 Å². The van der Waals surface area contributed by atoms with E-state index in [2.05, 4.69) is 23.4 Å². The second kappa shape index (κ2) is 6.68. The van der Waals surface area contributed by atoms with Crippen molar-refractivity contribution < 1.29 is 9.47 Å². The first-order chi connectivity index (χ1) is 9.92. The van der Waals surface area contributed by atoms with Gasteiger partial charge in [0.25, 0.3) is 0 Å². The molecule has 1 atom stereocenters. The molecule has 4 heteroatoms. The first-order valence-electron chi connectivity index (χ1n) is 7.19. The van der Waals surface area contributed by atoms with Gasteiger partial charge in [-0.05, 0) is 18.4 Å². The maximum atomic E-state index is 5.65. The van der Waals surface area contributed by atoms with Gasteiger partial charge in [-0.25, -0.2) is 0 Å². The third-order valence-electron chi connectivity index (χ3n) is 3.53. The molecule has 2 heterocycles. The van der Waals surface area contributed by atoms with Crippen LogP contribution in [0.3, 0.4) is 0 Å². The van der Waals surface area contributed by atoms with Gasteiger partial charge in [0, 0.05) is 18.4 Å². The van der Waals surface area contributed by atoms with Crippen LogP contribution in [-0.2, 0) is 16.0 Å². The zero-order valence-electron chi connectivity index (χ0n) is 11.6. The lowest BCUT2D eigenvalue weighted by molar-refractivity contribution is 0.0142. The summed E-state index contributed by atoms with van der Waals surface area (Å²) in [6.45, 7) is 3.04. The average molecular weight is 272 g/mol. The first kappa shape index (κ1) is 13.3. The van der Waals surface area contributed by atoms with Gasteiger partial charge in [-0.2, -0.15) is 5.10 Å². The summed E-state index contributed by atoms with van der Waals surface area (Å²) in [5, 5.41) is 4.37. The van der Waals surface area contributed by atoms with Crippen LogP contribution in [0.5, 0.6) is 0 Å². The molecule has 0 bridgehead atoms. The Labute approximate surface area is 119 Å². The van der Waals surface area contributed by atoms with Crippen molar-refractivity contribution >= 4 is 0 Å². The van der Waals surface area contributed by atoms with Gasteiger partial charge in [0.05, 0.1) is 32.1 Å². The number of benzene rings is 1. The van der Waals surface area contributed by atoms with Crippen LogP contribution >= 0.6 is 0 Å². The Balaban J connectivity index is 1.45. The van der Waals surface area contributed by atoms with Crippen molar-refractivity contribution in [3.63, 3.8) is 0 Å². The van der Waals surface area contributed by atoms with Crippen LogP contribution < -0.4 is 0 Å². The Morgan fingerprint density at radius 2 is 2.15 bits per heavy atom. The molecular weight excluding hydrogens is 252 g/mol. The lowest BCUT2D eigenvalue weighted by atomic mass is 10.1. The summed E-state index contributed by atoms with van der Waals surface area (Å²) in [4.78, 5) is 0. The van der Waals surface area contributed by atoms with Gasteiger partial charge in [0.2, 0.25) is 0 Å². The molecule has 1 fully saturated rings. The van der Waals surface area contributed by atoms with Crippen LogP contribution in [0.25, 0.3) is 11.1 Å². The lowest BCUT2D eigenvalue weighted by Crippen LogP contribution is -2.16. The monoisotopic (exact) mass is 272 g/mol. The zero-order chi connectivity index (χ0) is 13.6. The van der Waals surface area contributed by atoms with Crippen molar-refractivity contribution in [3.8, 4) is 11.1 Å². The Morgan fingerprint density at radius 1 is 1.25 bits per heavy atom. The topological polar surface area (TPSA) is 36.3 Å². The highest BCUT2D eigenvalue weighted by molar-refractivity contribution is 5.61. The van der Waals surface area contributed by atoms with Crippen LogP contribution in [0, 0.1) is 0 Å². The third-order valence-corrected chi connectivity index (χ3v) is 3.53. The molecule has 0 aliphatic carbocycles. The van der Waals surface area contributed by atoms with Gasteiger partial charge in [-0.1, -0.05) is 30.3 Å². The van der Waals surface area contributed by atoms with Gasteiger partial charge < -0.3 is 9.47 Å². The molecule has 3 rings (SSSR count). The minimum atomic E-state index is 0.299. The Hall–Kier alpha value is -1.65. The molecule has 1 saturated heterocycles. The van der Waals surface area contributed by atoms with Crippen LogP contribution in [-0.4, -0.2) is 35.7 Å². The van der Waals surface area contributed by atoms with Crippen molar-refractivity contribution in [2.75, 3.05) is 19.8 Å². The van der Waals surface area contributed by atoms with Crippen molar-refractivity contribution in [2.24, 2.45) is 0 Å². The van der Waals surface area contributed by atoms with Crippen molar-refractivity contribution in [1.29, 1.82) is 0 Å². The summed E-state index contributed by atoms with van der Waals surface area (Å²) in [5.74, 6) is 0. The quantitative estimate of drug-likeness (QED) is 0.759. The highest BCUT2D eigenvalue weighted by Crippen LogP contribution is 2.17. The van der Waals surface area contributed by atoms with Gasteiger partial charge in [0.1, 0.15) is 0 Å². The lowest BCUT2D eigenvalue weighted by Gasteiger charge is -2.09. The highest BCUT2D eigenvalue weighted by Gasteiger charge is 2.14. The summed E-state index contributed by atoms with van der Waals surface area (Å²) in [7, 11) is 0. The minimum absolute atomic E-state index is 0.299. The van der Waals surface area contributed by atoms with E-state index in [0.717, 1.165) is 31.6 Å². The van der Waals surface area contributed by atoms with Crippen LogP contribution in [0.2, 0.25) is 0 Å². The largest absolute Gasteiger partial charge is 0.377 e. The number of hydrogen-bond acceptors (Lipinski definition) is 3. The standard InChI is InChI=1S/C16H20N2O2/c1-2-5-14(6-3-1)15-11-17-18(12-15)8-10-19-13-16-7-4-9-20-16/h1-3,5-6,11-12,16H,4,7-10,13H2. The fraction of sp³-hybridized carbons (Fsp3) is 0.438. The van der Waals surface area contributed by atoms with Crippen molar-refractivity contribution in [1.82, 2.24) is 9.78 Å². The number of hydrogen-bond donors (Lipinski definition) is 0. The molecule has 1 aromatic heterocycles. The number of rotatable bonds is 6. The predicted octanol–water partition coefficient (Wildman–Crippen LogP) is 2.75. The maximum Gasteiger partial charge on any atom is 0.0809 e. The van der Waals surface area contributed by atoms with E-state index in [-0.39, 0.29) is 0 Å². The molecular formula is C16H20N2O2. The van der Waals surface area contributed by atoms with Gasteiger partial charge in [-0.3, -0.25) is 4.68 Å². The van der Waals surface area contributed by atoms with E-state index >= 15 is 0 Å². The van der Waals surface area contributed by atoms with Crippen LogP contribution in [0.4, 0.5) is 0 Å². The Bertz CT molecular complexity index is 518. The molecule has 0 amide bonds. The van der Waals surface area contributed by atoms with Crippen LogP contribution in [0.15, 0.2) is 42.7 Å². The molecule has 0 saturated carbocycles. The highest BCUT2D eigenvalue weighted by atomic mass is 16.5. The second-order valence-corrected chi connectivity index (χ2v) is 5.07. The summed E-state index contributed by atoms with van der Waals surface area (Å²) < 4.78 is 13.1. The molecule has 1 aliphatic rings. The molecule has 2 aromatic rings. The molecule has 0 N–H and O–H groups in total. The van der Waals surface area contributed by atoms with Gasteiger partial charge >= 0.3 is 0 Å². The fourth-order valence-corrected chi connectivity index (χ4v) is 2.41. The SMILES string of the molecule is c1ccc(-c2cnn(CCOCC3CCCO3)c2)cc1. The zero-order valence-corrected chi connectivity index (χ0v) is 11.6. The molecule has 0 spiro atoms. The normalized spacial score (nSPS) is 18.5. The first-order valence-corrected chi connectivity index (χ1v) is 7.19. The Kier molecular flexibility index (Phi) is 4.46. The van der Waals surface area contributed by atoms with Gasteiger partial charge in [-0.15, -0.1) is 0 Å². The summed E-state index contributed by atoms with van der Waals surface area (Å²) in [6, 6.07) is 10.3. The van der Waals surface area contributed by atoms with Crippen molar-refractivity contribution in [2.45, 2.75) is 25.5 Å². The van der Waals surface area contributed by atoms with E-state index in [1.807, 2.05) is 29.1 Å². The van der Waals surface area contributed by atoms with E-state index in [0.29, 0.717) is 19.3 Å². The fourth-order valence-electron chi connectivity index (χ4n) is 2.41.